The predicted octanol–water partition coefficient (Wildman–Crippen LogP) is 20.5. The van der Waals surface area contributed by atoms with E-state index in [1.54, 1.807) is 0 Å². The van der Waals surface area contributed by atoms with Crippen molar-refractivity contribution >= 4 is 39.5 Å². The minimum absolute atomic E-state index is 0.106. The SMILES string of the molecule is CCCCCCCCCCCCCCCCCCC(=O)O[C@H](COC(=O)CCCCCCCCCCCCCCC)COP(=O)(O)OC[C@@H](O)COP(=O)(O)OC[C@@H](COC(=O)CCCCCCCCCC(C)C)OC(=O)CCCCCCCCCCCCC. The summed E-state index contributed by atoms with van der Waals surface area (Å²) in [6.45, 7) is 7.20. The van der Waals surface area contributed by atoms with Crippen LogP contribution in [0.25, 0.3) is 0 Å². The Balaban J connectivity index is 5.24. The fraction of sp³-hybridized carbons (Fsp3) is 0.944. The molecule has 90 heavy (non-hydrogen) atoms. The van der Waals surface area contributed by atoms with Gasteiger partial charge in [0, 0.05) is 25.7 Å². The molecule has 0 saturated carbocycles. The lowest BCUT2D eigenvalue weighted by atomic mass is 10.0. The van der Waals surface area contributed by atoms with Crippen molar-refractivity contribution in [3.05, 3.63) is 0 Å². The average Bonchev–Trinajstić information content (AvgIpc) is 3.13. The maximum absolute atomic E-state index is 13.0. The summed E-state index contributed by atoms with van der Waals surface area (Å²) in [5.74, 6) is -1.41. The van der Waals surface area contributed by atoms with Gasteiger partial charge in [-0.1, -0.05) is 317 Å². The molecule has 17 nitrogen and oxygen atoms in total. The van der Waals surface area contributed by atoms with E-state index in [2.05, 4.69) is 34.6 Å². The van der Waals surface area contributed by atoms with Crippen molar-refractivity contribution in [3.63, 3.8) is 0 Å². The Morgan fingerprint density at radius 1 is 0.300 bits per heavy atom. The highest BCUT2D eigenvalue weighted by Crippen LogP contribution is 2.45. The van der Waals surface area contributed by atoms with Crippen LogP contribution in [0, 0.1) is 5.92 Å². The molecule has 0 fully saturated rings. The van der Waals surface area contributed by atoms with Gasteiger partial charge in [-0.3, -0.25) is 37.3 Å². The molecule has 3 N–H and O–H groups in total. The molecule has 0 saturated heterocycles. The smallest absolute Gasteiger partial charge is 0.462 e. The third kappa shape index (κ3) is 64.8. The summed E-state index contributed by atoms with van der Waals surface area (Å²) in [5.41, 5.74) is 0. The molecular formula is C71H138O17P2. The quantitative estimate of drug-likeness (QED) is 0.0222. The topological polar surface area (TPSA) is 237 Å². The minimum atomic E-state index is -4.95. The van der Waals surface area contributed by atoms with Gasteiger partial charge in [-0.25, -0.2) is 9.13 Å². The molecule has 0 aromatic heterocycles. The van der Waals surface area contributed by atoms with E-state index in [0.717, 1.165) is 96.3 Å². The van der Waals surface area contributed by atoms with Gasteiger partial charge >= 0.3 is 39.5 Å². The number of hydrogen-bond donors (Lipinski definition) is 3. The summed E-state index contributed by atoms with van der Waals surface area (Å²) >= 11 is 0. The zero-order chi connectivity index (χ0) is 66.3. The molecule has 0 heterocycles. The number of aliphatic hydroxyl groups excluding tert-OH is 1. The van der Waals surface area contributed by atoms with Gasteiger partial charge < -0.3 is 33.8 Å². The van der Waals surface area contributed by atoms with Crippen molar-refractivity contribution in [2.24, 2.45) is 5.92 Å². The first-order valence-corrected chi connectivity index (χ1v) is 40.1. The van der Waals surface area contributed by atoms with Crippen LogP contribution in [-0.2, 0) is 65.4 Å². The zero-order valence-corrected chi connectivity index (χ0v) is 60.1. The van der Waals surface area contributed by atoms with Crippen LogP contribution in [0.5, 0.6) is 0 Å². The van der Waals surface area contributed by atoms with Crippen molar-refractivity contribution in [1.29, 1.82) is 0 Å². The summed E-state index contributed by atoms with van der Waals surface area (Å²) in [7, 11) is -9.90. The monoisotopic (exact) mass is 1320 g/mol. The van der Waals surface area contributed by atoms with E-state index in [1.807, 2.05) is 0 Å². The molecular weight excluding hydrogens is 1190 g/mol. The molecule has 0 aromatic rings. The Kier molecular flexibility index (Phi) is 63.0. The number of hydrogen-bond acceptors (Lipinski definition) is 15. The second kappa shape index (κ2) is 64.4. The summed E-state index contributed by atoms with van der Waals surface area (Å²) in [6.07, 6.45) is 51.3. The lowest BCUT2D eigenvalue weighted by Crippen LogP contribution is -2.30. The minimum Gasteiger partial charge on any atom is -0.462 e. The molecule has 2 unspecified atom stereocenters. The van der Waals surface area contributed by atoms with E-state index < -0.39 is 97.5 Å². The summed E-state index contributed by atoms with van der Waals surface area (Å²) < 4.78 is 68.3. The number of aliphatic hydroxyl groups is 1. The van der Waals surface area contributed by atoms with Crippen LogP contribution in [0.1, 0.15) is 369 Å². The van der Waals surface area contributed by atoms with E-state index in [9.17, 15) is 43.2 Å². The van der Waals surface area contributed by atoms with Crippen molar-refractivity contribution in [3.8, 4) is 0 Å². The number of phosphoric ester groups is 2. The van der Waals surface area contributed by atoms with E-state index in [4.69, 9.17) is 37.0 Å². The Bertz CT molecular complexity index is 1740. The number of unbranched alkanes of at least 4 members (excludes halogenated alkanes) is 43. The van der Waals surface area contributed by atoms with Crippen molar-refractivity contribution < 1.29 is 80.2 Å². The maximum Gasteiger partial charge on any atom is 0.472 e. The average molecular weight is 1330 g/mol. The lowest BCUT2D eigenvalue weighted by Gasteiger charge is -2.21. The molecule has 0 bridgehead atoms. The Hall–Kier alpha value is -1.94. The van der Waals surface area contributed by atoms with Gasteiger partial charge in [0.25, 0.3) is 0 Å². The first-order valence-electron chi connectivity index (χ1n) is 37.1. The largest absolute Gasteiger partial charge is 0.472 e. The molecule has 0 aliphatic rings. The fourth-order valence-corrected chi connectivity index (χ4v) is 12.4. The van der Waals surface area contributed by atoms with Gasteiger partial charge in [0.15, 0.2) is 12.2 Å². The number of carbonyl (C=O) groups excluding carboxylic acids is 4. The van der Waals surface area contributed by atoms with E-state index >= 15 is 0 Å². The van der Waals surface area contributed by atoms with E-state index in [1.165, 1.54) is 186 Å². The third-order valence-corrected chi connectivity index (χ3v) is 18.4. The molecule has 0 radical (unpaired) electrons. The molecule has 0 aromatic carbocycles. The van der Waals surface area contributed by atoms with Gasteiger partial charge in [-0.15, -0.1) is 0 Å². The number of carbonyl (C=O) groups is 4. The van der Waals surface area contributed by atoms with Crippen molar-refractivity contribution in [2.45, 2.75) is 387 Å². The van der Waals surface area contributed by atoms with Gasteiger partial charge in [0.1, 0.15) is 19.3 Å². The highest BCUT2D eigenvalue weighted by Gasteiger charge is 2.30. The number of rotatable bonds is 71. The molecule has 19 heteroatoms. The first kappa shape index (κ1) is 88.1. The van der Waals surface area contributed by atoms with Crippen molar-refractivity contribution in [2.75, 3.05) is 39.6 Å². The summed E-state index contributed by atoms with van der Waals surface area (Å²) in [6, 6.07) is 0. The summed E-state index contributed by atoms with van der Waals surface area (Å²) in [5, 5.41) is 10.6. The normalized spacial score (nSPS) is 14.1. The highest BCUT2D eigenvalue weighted by atomic mass is 31.2. The number of phosphoric acid groups is 2. The Labute approximate surface area is 549 Å². The molecule has 0 amide bonds. The summed E-state index contributed by atoms with van der Waals surface area (Å²) in [4.78, 5) is 72.6. The number of ether oxygens (including phenoxy) is 4. The predicted molar refractivity (Wildman–Crippen MR) is 363 cm³/mol. The van der Waals surface area contributed by atoms with Crippen LogP contribution in [0.2, 0.25) is 0 Å². The first-order chi connectivity index (χ1) is 43.5. The fourth-order valence-electron chi connectivity index (χ4n) is 10.8. The second-order valence-electron chi connectivity index (χ2n) is 26.1. The molecule has 534 valence electrons. The van der Waals surface area contributed by atoms with Crippen LogP contribution in [0.15, 0.2) is 0 Å². The van der Waals surface area contributed by atoms with Gasteiger partial charge in [-0.2, -0.15) is 0 Å². The van der Waals surface area contributed by atoms with Crippen molar-refractivity contribution in [1.82, 2.24) is 0 Å². The van der Waals surface area contributed by atoms with Gasteiger partial charge in [-0.05, 0) is 31.6 Å². The standard InChI is InChI=1S/C71H138O17P2/c1-6-9-12-15-18-21-24-26-27-28-30-33-36-41-47-52-57-71(76)87-66(60-81-68(73)54-49-44-39-34-32-29-25-22-19-16-13-10-7-2)62-85-89(77,78)83-58-65(72)59-84-90(79,80)86-63-67(61-82-69(74)55-50-45-42-37-38-43-48-53-64(4)5)88-70(75)56-51-46-40-35-31-23-20-17-14-11-8-3/h64-67,72H,6-63H2,1-5H3,(H,77,78)(H,79,80)/t65-,66-,67-/m1/s1. The third-order valence-electron chi connectivity index (χ3n) is 16.5. The van der Waals surface area contributed by atoms with Gasteiger partial charge in [0.2, 0.25) is 0 Å². The molecule has 5 atom stereocenters. The molecule has 0 aliphatic carbocycles. The number of esters is 4. The molecule has 0 aliphatic heterocycles. The van der Waals surface area contributed by atoms with Crippen LogP contribution < -0.4 is 0 Å². The van der Waals surface area contributed by atoms with E-state index in [0.29, 0.717) is 31.6 Å². The van der Waals surface area contributed by atoms with Crippen LogP contribution >= 0.6 is 15.6 Å². The van der Waals surface area contributed by atoms with Gasteiger partial charge in [0.05, 0.1) is 26.4 Å². The Morgan fingerprint density at radius 3 is 0.756 bits per heavy atom. The molecule has 0 spiro atoms. The zero-order valence-electron chi connectivity index (χ0n) is 58.3. The van der Waals surface area contributed by atoms with Crippen LogP contribution in [0.3, 0.4) is 0 Å². The van der Waals surface area contributed by atoms with Crippen LogP contribution in [0.4, 0.5) is 0 Å². The van der Waals surface area contributed by atoms with Crippen LogP contribution in [-0.4, -0.2) is 96.7 Å². The highest BCUT2D eigenvalue weighted by molar-refractivity contribution is 7.47. The molecule has 0 rings (SSSR count). The lowest BCUT2D eigenvalue weighted by molar-refractivity contribution is -0.161. The Morgan fingerprint density at radius 2 is 0.511 bits per heavy atom. The van der Waals surface area contributed by atoms with E-state index in [-0.39, 0.29) is 25.7 Å². The maximum atomic E-state index is 13.0. The second-order valence-corrected chi connectivity index (χ2v) is 29.0.